The Bertz CT molecular complexity index is 383. The summed E-state index contributed by atoms with van der Waals surface area (Å²) in [5.74, 6) is 3.74. The lowest BCUT2D eigenvalue weighted by molar-refractivity contribution is 0.220. The van der Waals surface area contributed by atoms with Crippen molar-refractivity contribution in [2.45, 2.75) is 38.3 Å². The van der Waals surface area contributed by atoms with Gasteiger partial charge in [0.1, 0.15) is 11.9 Å². The van der Waals surface area contributed by atoms with Gasteiger partial charge in [-0.3, -0.25) is 0 Å². The molecule has 2 nitrogen and oxygen atoms in total. The number of hydrogen-bond acceptors (Lipinski definition) is 2. The first kappa shape index (κ1) is 12.0. The fraction of sp³-hybridized carbons (Fsp3) is 0.467. The topological polar surface area (TPSA) is 21.3 Å². The van der Waals surface area contributed by atoms with Gasteiger partial charge in [0, 0.05) is 25.4 Å². The molecule has 0 amide bonds. The fourth-order valence-corrected chi connectivity index (χ4v) is 2.17. The highest BCUT2D eigenvalue weighted by atomic mass is 16.5. The molecule has 1 aromatic carbocycles. The van der Waals surface area contributed by atoms with E-state index in [9.17, 15) is 0 Å². The number of para-hydroxylation sites is 1. The first-order chi connectivity index (χ1) is 8.33. The highest BCUT2D eigenvalue weighted by Gasteiger charge is 2.22. The number of fused-ring (bicyclic) bond motifs is 1. The molecule has 0 radical (unpaired) electrons. The summed E-state index contributed by atoms with van der Waals surface area (Å²) in [7, 11) is 0. The van der Waals surface area contributed by atoms with Crippen LogP contribution in [0.1, 0.15) is 25.3 Å². The van der Waals surface area contributed by atoms with Crippen LogP contribution < -0.4 is 10.1 Å². The third kappa shape index (κ3) is 3.01. The van der Waals surface area contributed by atoms with E-state index in [1.165, 1.54) is 5.56 Å². The minimum Gasteiger partial charge on any atom is -0.488 e. The lowest BCUT2D eigenvalue weighted by Gasteiger charge is -2.17. The highest BCUT2D eigenvalue weighted by molar-refractivity contribution is 5.37. The normalized spacial score (nSPS) is 19.2. The maximum Gasteiger partial charge on any atom is 0.123 e. The number of terminal acetylenes is 1. The number of benzene rings is 1. The molecule has 0 aromatic heterocycles. The second-order valence-corrected chi connectivity index (χ2v) is 4.47. The zero-order chi connectivity index (χ0) is 12.1. The van der Waals surface area contributed by atoms with E-state index in [1.54, 1.807) is 0 Å². The van der Waals surface area contributed by atoms with E-state index in [-0.39, 0.29) is 6.10 Å². The average Bonchev–Trinajstić information content (AvgIpc) is 2.77. The number of nitrogens with one attached hydrogen (secondary N) is 1. The van der Waals surface area contributed by atoms with Crippen molar-refractivity contribution in [2.75, 3.05) is 6.54 Å². The van der Waals surface area contributed by atoms with Crippen molar-refractivity contribution in [1.82, 2.24) is 5.32 Å². The summed E-state index contributed by atoms with van der Waals surface area (Å²) < 4.78 is 5.87. The quantitative estimate of drug-likeness (QED) is 0.783. The van der Waals surface area contributed by atoms with Crippen LogP contribution in [-0.2, 0) is 6.42 Å². The van der Waals surface area contributed by atoms with Gasteiger partial charge >= 0.3 is 0 Å². The Morgan fingerprint density at radius 2 is 2.35 bits per heavy atom. The second kappa shape index (κ2) is 5.75. The van der Waals surface area contributed by atoms with Crippen molar-refractivity contribution in [3.8, 4) is 18.1 Å². The molecule has 2 heteroatoms. The van der Waals surface area contributed by atoms with Gasteiger partial charge in [0.2, 0.25) is 0 Å². The van der Waals surface area contributed by atoms with Crippen molar-refractivity contribution in [3.05, 3.63) is 29.8 Å². The van der Waals surface area contributed by atoms with E-state index < -0.39 is 0 Å². The molecule has 0 saturated heterocycles. The van der Waals surface area contributed by atoms with Crippen molar-refractivity contribution in [1.29, 1.82) is 0 Å². The molecule has 1 aromatic rings. The lowest BCUT2D eigenvalue weighted by Crippen LogP contribution is -2.36. The molecule has 0 saturated carbocycles. The first-order valence-electron chi connectivity index (χ1n) is 6.25. The zero-order valence-corrected chi connectivity index (χ0v) is 10.3. The second-order valence-electron chi connectivity index (χ2n) is 4.47. The van der Waals surface area contributed by atoms with E-state index in [0.29, 0.717) is 6.04 Å². The van der Waals surface area contributed by atoms with Gasteiger partial charge in [-0.25, -0.2) is 0 Å². The summed E-state index contributed by atoms with van der Waals surface area (Å²) >= 11 is 0. The van der Waals surface area contributed by atoms with Gasteiger partial charge in [0.15, 0.2) is 0 Å². The number of rotatable bonds is 5. The molecule has 1 N–H and O–H groups in total. The third-order valence-corrected chi connectivity index (χ3v) is 3.21. The molecule has 2 atom stereocenters. The Hall–Kier alpha value is -1.46. The summed E-state index contributed by atoms with van der Waals surface area (Å²) in [6, 6.07) is 8.65. The van der Waals surface area contributed by atoms with Crippen LogP contribution in [0, 0.1) is 12.3 Å². The Labute approximate surface area is 103 Å². The molecule has 1 heterocycles. The molecule has 0 aliphatic carbocycles. The summed E-state index contributed by atoms with van der Waals surface area (Å²) in [5, 5.41) is 3.48. The van der Waals surface area contributed by atoms with E-state index in [0.717, 1.165) is 31.6 Å². The van der Waals surface area contributed by atoms with Gasteiger partial charge in [-0.2, -0.15) is 0 Å². The Balaban J connectivity index is 1.82. The van der Waals surface area contributed by atoms with Gasteiger partial charge in [-0.05, 0) is 18.1 Å². The number of hydrogen-bond donors (Lipinski definition) is 1. The first-order valence-corrected chi connectivity index (χ1v) is 6.25. The lowest BCUT2D eigenvalue weighted by atomic mass is 10.1. The van der Waals surface area contributed by atoms with Crippen LogP contribution in [0.4, 0.5) is 0 Å². The molecule has 90 valence electrons. The monoisotopic (exact) mass is 229 g/mol. The van der Waals surface area contributed by atoms with Gasteiger partial charge < -0.3 is 10.1 Å². The minimum absolute atomic E-state index is 0.249. The smallest absolute Gasteiger partial charge is 0.123 e. The van der Waals surface area contributed by atoms with Crippen LogP contribution in [0.5, 0.6) is 5.75 Å². The summed E-state index contributed by atoms with van der Waals surface area (Å²) in [4.78, 5) is 0. The Morgan fingerprint density at radius 3 is 3.06 bits per heavy atom. The van der Waals surface area contributed by atoms with Crippen molar-refractivity contribution < 1.29 is 4.74 Å². The third-order valence-electron chi connectivity index (χ3n) is 3.21. The van der Waals surface area contributed by atoms with Crippen LogP contribution in [0.2, 0.25) is 0 Å². The van der Waals surface area contributed by atoms with Crippen molar-refractivity contribution in [2.24, 2.45) is 0 Å². The zero-order valence-electron chi connectivity index (χ0n) is 10.3. The fourth-order valence-electron chi connectivity index (χ4n) is 2.17. The maximum absolute atomic E-state index is 5.87. The van der Waals surface area contributed by atoms with Crippen molar-refractivity contribution >= 4 is 0 Å². The van der Waals surface area contributed by atoms with Gasteiger partial charge in [-0.1, -0.05) is 25.1 Å². The Morgan fingerprint density at radius 1 is 1.53 bits per heavy atom. The predicted molar refractivity (Wildman–Crippen MR) is 70.1 cm³/mol. The Kier molecular flexibility index (Phi) is 4.06. The van der Waals surface area contributed by atoms with Gasteiger partial charge in [0.05, 0.1) is 0 Å². The standard InChI is InChI=1S/C15H19NO/c1-3-7-13(4-2)16-11-14-10-12-8-5-6-9-15(12)17-14/h1,5-6,8-9,13-14,16H,4,7,10-11H2,2H3. The van der Waals surface area contributed by atoms with E-state index >= 15 is 0 Å². The SMILES string of the molecule is C#CCC(CC)NCC1Cc2ccccc2O1. The maximum atomic E-state index is 5.87. The molecule has 0 spiro atoms. The largest absolute Gasteiger partial charge is 0.488 e. The van der Waals surface area contributed by atoms with E-state index in [1.807, 2.05) is 12.1 Å². The van der Waals surface area contributed by atoms with Crippen LogP contribution in [-0.4, -0.2) is 18.7 Å². The van der Waals surface area contributed by atoms with E-state index in [4.69, 9.17) is 11.2 Å². The number of ether oxygens (including phenoxy) is 1. The molecule has 17 heavy (non-hydrogen) atoms. The predicted octanol–water partition coefficient (Wildman–Crippen LogP) is 2.38. The van der Waals surface area contributed by atoms with Crippen LogP contribution in [0.15, 0.2) is 24.3 Å². The summed E-state index contributed by atoms with van der Waals surface area (Å²) in [5.41, 5.74) is 1.31. The minimum atomic E-state index is 0.249. The molecule has 2 rings (SSSR count). The molecule has 1 aliphatic rings. The van der Waals surface area contributed by atoms with Crippen LogP contribution in [0.25, 0.3) is 0 Å². The molecular formula is C15H19NO. The average molecular weight is 229 g/mol. The van der Waals surface area contributed by atoms with Crippen molar-refractivity contribution in [3.63, 3.8) is 0 Å². The van der Waals surface area contributed by atoms with E-state index in [2.05, 4.69) is 30.3 Å². The molecule has 2 unspecified atom stereocenters. The summed E-state index contributed by atoms with van der Waals surface area (Å²) in [6.07, 6.45) is 8.43. The summed E-state index contributed by atoms with van der Waals surface area (Å²) in [6.45, 7) is 3.02. The molecular weight excluding hydrogens is 210 g/mol. The van der Waals surface area contributed by atoms with Crippen LogP contribution >= 0.6 is 0 Å². The molecule has 0 bridgehead atoms. The molecule has 0 fully saturated rings. The van der Waals surface area contributed by atoms with Gasteiger partial charge in [-0.15, -0.1) is 12.3 Å². The van der Waals surface area contributed by atoms with Crippen LogP contribution in [0.3, 0.4) is 0 Å². The van der Waals surface area contributed by atoms with Gasteiger partial charge in [0.25, 0.3) is 0 Å². The molecule has 1 aliphatic heterocycles. The highest BCUT2D eigenvalue weighted by Crippen LogP contribution is 2.27.